The highest BCUT2D eigenvalue weighted by Gasteiger charge is 2.33. The van der Waals surface area contributed by atoms with E-state index in [2.05, 4.69) is 0 Å². The van der Waals surface area contributed by atoms with Crippen LogP contribution < -0.4 is 0 Å². The summed E-state index contributed by atoms with van der Waals surface area (Å²) in [4.78, 5) is 25.2. The normalized spacial score (nSPS) is 28.1. The first kappa shape index (κ1) is 17.2. The van der Waals surface area contributed by atoms with Gasteiger partial charge in [-0.05, 0) is 32.1 Å². The summed E-state index contributed by atoms with van der Waals surface area (Å²) in [5.74, 6) is -1.15. The lowest BCUT2D eigenvalue weighted by atomic mass is 9.81. The molecule has 0 radical (unpaired) electrons. The third-order valence-electron chi connectivity index (χ3n) is 4.66. The number of carbonyl (C=O) groups is 2. The number of aliphatic carboxylic acids is 1. The molecule has 1 N–H and O–H groups in total. The number of carboxylic acid groups (broad SMARTS) is 1. The second kappa shape index (κ2) is 6.95. The predicted molar refractivity (Wildman–Crippen MR) is 80.7 cm³/mol. The molecule has 1 saturated carbocycles. The Morgan fingerprint density at radius 1 is 0.955 bits per heavy atom. The number of carbonyl (C=O) groups excluding carboxylic acids is 1. The number of nitrogens with zero attached hydrogens (tertiary/aromatic N) is 2. The van der Waals surface area contributed by atoms with E-state index in [4.69, 9.17) is 5.11 Å². The lowest BCUT2D eigenvalue weighted by molar-refractivity contribution is -0.145. The van der Waals surface area contributed by atoms with Crippen LogP contribution >= 0.6 is 0 Å². The second-order valence-corrected chi connectivity index (χ2v) is 8.21. The molecule has 0 aromatic carbocycles. The molecule has 0 bridgehead atoms. The minimum absolute atomic E-state index is 0.0548. The van der Waals surface area contributed by atoms with E-state index in [1.165, 1.54) is 10.6 Å². The molecule has 8 heteroatoms. The van der Waals surface area contributed by atoms with Gasteiger partial charge in [-0.2, -0.15) is 0 Å². The van der Waals surface area contributed by atoms with Gasteiger partial charge in [0.05, 0.1) is 12.2 Å². The number of hydrogen-bond donors (Lipinski definition) is 1. The third-order valence-corrected chi connectivity index (χ3v) is 5.96. The second-order valence-electron chi connectivity index (χ2n) is 6.23. The van der Waals surface area contributed by atoms with E-state index >= 15 is 0 Å². The average molecular weight is 332 g/mol. The summed E-state index contributed by atoms with van der Waals surface area (Å²) in [7, 11) is -3.21. The van der Waals surface area contributed by atoms with E-state index in [1.54, 1.807) is 4.90 Å². The summed E-state index contributed by atoms with van der Waals surface area (Å²) >= 11 is 0. The van der Waals surface area contributed by atoms with Crippen LogP contribution in [-0.4, -0.2) is 67.0 Å². The first-order valence-corrected chi connectivity index (χ1v) is 9.60. The fourth-order valence-electron chi connectivity index (χ4n) is 3.29. The van der Waals surface area contributed by atoms with Crippen molar-refractivity contribution in [2.45, 2.75) is 32.1 Å². The molecular weight excluding hydrogens is 308 g/mol. The van der Waals surface area contributed by atoms with Crippen molar-refractivity contribution in [3.63, 3.8) is 0 Å². The molecule has 1 heterocycles. The Kier molecular flexibility index (Phi) is 5.44. The van der Waals surface area contributed by atoms with Crippen LogP contribution in [0.25, 0.3) is 0 Å². The van der Waals surface area contributed by atoms with Crippen LogP contribution in [0, 0.1) is 11.8 Å². The van der Waals surface area contributed by atoms with Crippen LogP contribution in [0.1, 0.15) is 32.1 Å². The van der Waals surface area contributed by atoms with Gasteiger partial charge in [0.15, 0.2) is 0 Å². The molecule has 1 aliphatic heterocycles. The maximum absolute atomic E-state index is 12.5. The van der Waals surface area contributed by atoms with Crippen LogP contribution in [-0.2, 0) is 19.6 Å². The van der Waals surface area contributed by atoms with Crippen molar-refractivity contribution < 1.29 is 23.1 Å². The Balaban J connectivity index is 1.90. The van der Waals surface area contributed by atoms with Gasteiger partial charge >= 0.3 is 5.97 Å². The first-order valence-electron chi connectivity index (χ1n) is 7.75. The van der Waals surface area contributed by atoms with E-state index < -0.39 is 16.0 Å². The monoisotopic (exact) mass is 332 g/mol. The smallest absolute Gasteiger partial charge is 0.306 e. The summed E-state index contributed by atoms with van der Waals surface area (Å²) in [6, 6.07) is 0. The predicted octanol–water partition coefficient (Wildman–Crippen LogP) is 0.371. The number of sulfonamides is 1. The highest BCUT2D eigenvalue weighted by molar-refractivity contribution is 7.88. The molecule has 0 aromatic heterocycles. The van der Waals surface area contributed by atoms with Crippen molar-refractivity contribution >= 4 is 21.9 Å². The minimum Gasteiger partial charge on any atom is -0.481 e. The van der Waals surface area contributed by atoms with Gasteiger partial charge in [-0.15, -0.1) is 0 Å². The highest BCUT2D eigenvalue weighted by Crippen LogP contribution is 2.30. The summed E-state index contributed by atoms with van der Waals surface area (Å²) in [6.07, 6.45) is 4.16. The maximum atomic E-state index is 12.5. The van der Waals surface area contributed by atoms with E-state index in [0.717, 1.165) is 0 Å². The molecule has 2 fully saturated rings. The Morgan fingerprint density at radius 2 is 1.55 bits per heavy atom. The van der Waals surface area contributed by atoms with Gasteiger partial charge in [0.25, 0.3) is 0 Å². The zero-order valence-electron chi connectivity index (χ0n) is 12.9. The number of rotatable bonds is 3. The van der Waals surface area contributed by atoms with Crippen molar-refractivity contribution in [1.82, 2.24) is 9.21 Å². The summed E-state index contributed by atoms with van der Waals surface area (Å²) in [5, 5.41) is 9.00. The zero-order valence-corrected chi connectivity index (χ0v) is 13.7. The molecule has 126 valence electrons. The lowest BCUT2D eigenvalue weighted by Crippen LogP contribution is -2.41. The molecule has 1 saturated heterocycles. The minimum atomic E-state index is -3.21. The topological polar surface area (TPSA) is 95.0 Å². The van der Waals surface area contributed by atoms with Crippen LogP contribution in [0.3, 0.4) is 0 Å². The third kappa shape index (κ3) is 4.19. The summed E-state index contributed by atoms with van der Waals surface area (Å²) in [5.41, 5.74) is 0. The van der Waals surface area contributed by atoms with Crippen molar-refractivity contribution in [2.24, 2.45) is 11.8 Å². The Hall–Kier alpha value is -1.15. The van der Waals surface area contributed by atoms with Crippen molar-refractivity contribution in [2.75, 3.05) is 32.4 Å². The van der Waals surface area contributed by atoms with Crippen LogP contribution in [0.15, 0.2) is 0 Å². The highest BCUT2D eigenvalue weighted by atomic mass is 32.2. The lowest BCUT2D eigenvalue weighted by Gasteiger charge is -2.30. The van der Waals surface area contributed by atoms with Crippen molar-refractivity contribution in [1.29, 1.82) is 0 Å². The van der Waals surface area contributed by atoms with E-state index in [0.29, 0.717) is 58.3 Å². The molecule has 0 spiro atoms. The Labute approximate surface area is 131 Å². The van der Waals surface area contributed by atoms with Gasteiger partial charge in [0, 0.05) is 32.1 Å². The zero-order chi connectivity index (χ0) is 16.3. The molecule has 2 rings (SSSR count). The molecular formula is C14H24N2O5S. The van der Waals surface area contributed by atoms with Gasteiger partial charge in [-0.3, -0.25) is 9.59 Å². The summed E-state index contributed by atoms with van der Waals surface area (Å²) < 4.78 is 24.6. The maximum Gasteiger partial charge on any atom is 0.306 e. The van der Waals surface area contributed by atoms with Crippen LogP contribution in [0.5, 0.6) is 0 Å². The van der Waals surface area contributed by atoms with Crippen LogP contribution in [0.4, 0.5) is 0 Å². The fourth-order valence-corrected chi connectivity index (χ4v) is 4.17. The number of hydrogen-bond acceptors (Lipinski definition) is 4. The molecule has 7 nitrogen and oxygen atoms in total. The molecule has 0 unspecified atom stereocenters. The molecule has 1 aliphatic carbocycles. The van der Waals surface area contributed by atoms with E-state index in [-0.39, 0.29) is 17.7 Å². The number of carboxylic acids is 1. The van der Waals surface area contributed by atoms with Gasteiger partial charge < -0.3 is 10.0 Å². The molecule has 0 atom stereocenters. The molecule has 1 amide bonds. The average Bonchev–Trinajstić information content (AvgIpc) is 2.72. The largest absolute Gasteiger partial charge is 0.481 e. The Bertz CT molecular complexity index is 525. The van der Waals surface area contributed by atoms with E-state index in [1.807, 2.05) is 0 Å². The Morgan fingerprint density at radius 3 is 2.09 bits per heavy atom. The number of amides is 1. The standard InChI is InChI=1S/C14H24N2O5S/c1-22(20,21)16-8-2-7-15(9-10-16)13(17)11-3-5-12(6-4-11)14(18)19/h11-12H,2-10H2,1H3,(H,18,19). The SMILES string of the molecule is CS(=O)(=O)N1CCCN(C(=O)C2CCC(C(=O)O)CC2)CC1. The van der Waals surface area contributed by atoms with E-state index in [9.17, 15) is 18.0 Å². The van der Waals surface area contributed by atoms with Crippen molar-refractivity contribution in [3.8, 4) is 0 Å². The quantitative estimate of drug-likeness (QED) is 0.806. The van der Waals surface area contributed by atoms with Gasteiger partial charge in [-0.1, -0.05) is 0 Å². The first-order chi connectivity index (χ1) is 10.3. The molecule has 22 heavy (non-hydrogen) atoms. The van der Waals surface area contributed by atoms with Gasteiger partial charge in [-0.25, -0.2) is 12.7 Å². The summed E-state index contributed by atoms with van der Waals surface area (Å²) in [6.45, 7) is 1.79. The molecule has 2 aliphatic rings. The van der Waals surface area contributed by atoms with Crippen molar-refractivity contribution in [3.05, 3.63) is 0 Å². The van der Waals surface area contributed by atoms with Crippen LogP contribution in [0.2, 0.25) is 0 Å². The molecule has 0 aromatic rings. The fraction of sp³-hybridized carbons (Fsp3) is 0.857. The van der Waals surface area contributed by atoms with Gasteiger partial charge in [0.2, 0.25) is 15.9 Å². The van der Waals surface area contributed by atoms with Gasteiger partial charge in [0.1, 0.15) is 0 Å².